The highest BCUT2D eigenvalue weighted by molar-refractivity contribution is 7.80. The summed E-state index contributed by atoms with van der Waals surface area (Å²) < 4.78 is 24.9. The Morgan fingerprint density at radius 2 is 1.00 bits per heavy atom. The Hall–Kier alpha value is -2.19. The van der Waals surface area contributed by atoms with Crippen LogP contribution in [-0.4, -0.2) is 41.6 Å². The third kappa shape index (κ3) is 6.67. The Bertz CT molecular complexity index is 941. The van der Waals surface area contributed by atoms with Gasteiger partial charge in [-0.1, -0.05) is 91.0 Å². The lowest BCUT2D eigenvalue weighted by Crippen LogP contribution is -2.59. The third-order valence-electron chi connectivity index (χ3n) is 5.65. The zero-order valence-corrected chi connectivity index (χ0v) is 19.3. The van der Waals surface area contributed by atoms with Gasteiger partial charge < -0.3 is 24.1 Å². The van der Waals surface area contributed by atoms with Crippen LogP contribution in [-0.2, 0) is 38.8 Å². The summed E-state index contributed by atoms with van der Waals surface area (Å²) >= 11 is 4.64. The Kier molecular flexibility index (Phi) is 8.94. The van der Waals surface area contributed by atoms with Crippen molar-refractivity contribution < 1.29 is 24.1 Å². The molecule has 1 aliphatic rings. The summed E-state index contributed by atoms with van der Waals surface area (Å²) in [4.78, 5) is 0. The molecule has 174 valence electrons. The molecule has 6 heteroatoms. The second-order valence-electron chi connectivity index (χ2n) is 8.03. The van der Waals surface area contributed by atoms with Gasteiger partial charge in [0.2, 0.25) is 0 Å². The molecule has 0 aliphatic carbocycles. The molecule has 1 fully saturated rings. The molecule has 1 aliphatic heterocycles. The molecular formula is C27H30O5S. The van der Waals surface area contributed by atoms with E-state index in [1.807, 2.05) is 91.0 Å². The normalized spacial score (nSPS) is 25.1. The number of rotatable bonds is 10. The molecule has 0 radical (unpaired) electrons. The lowest BCUT2D eigenvalue weighted by atomic mass is 9.99. The van der Waals surface area contributed by atoms with Gasteiger partial charge in [-0.05, 0) is 16.7 Å². The van der Waals surface area contributed by atoms with Gasteiger partial charge in [0.1, 0.15) is 29.9 Å². The maximum atomic E-state index is 10.0. The fraction of sp³-hybridized carbons (Fsp3) is 0.333. The van der Waals surface area contributed by atoms with Crippen molar-refractivity contribution in [2.75, 3.05) is 6.61 Å². The number of aliphatic hydroxyl groups excluding tert-OH is 1. The molecule has 3 aromatic carbocycles. The van der Waals surface area contributed by atoms with Crippen molar-refractivity contribution >= 4 is 12.6 Å². The predicted molar refractivity (Wildman–Crippen MR) is 130 cm³/mol. The van der Waals surface area contributed by atoms with Crippen LogP contribution in [0.5, 0.6) is 0 Å². The Morgan fingerprint density at radius 3 is 1.42 bits per heavy atom. The molecule has 1 saturated heterocycles. The van der Waals surface area contributed by atoms with Crippen LogP contribution in [0.2, 0.25) is 0 Å². The average molecular weight is 467 g/mol. The molecule has 1 N–H and O–H groups in total. The molecule has 0 amide bonds. The second-order valence-corrected chi connectivity index (χ2v) is 8.54. The highest BCUT2D eigenvalue weighted by Crippen LogP contribution is 2.31. The number of benzene rings is 3. The average Bonchev–Trinajstić information content (AvgIpc) is 2.87. The summed E-state index contributed by atoms with van der Waals surface area (Å²) in [5, 5.41) is 10.0. The van der Waals surface area contributed by atoms with Crippen LogP contribution in [0.4, 0.5) is 0 Å². The van der Waals surface area contributed by atoms with Crippen molar-refractivity contribution in [2.24, 2.45) is 0 Å². The molecular weight excluding hydrogens is 436 g/mol. The van der Waals surface area contributed by atoms with Crippen LogP contribution in [0.3, 0.4) is 0 Å². The van der Waals surface area contributed by atoms with E-state index in [-0.39, 0.29) is 6.61 Å². The highest BCUT2D eigenvalue weighted by atomic mass is 32.1. The van der Waals surface area contributed by atoms with Gasteiger partial charge in [0.05, 0.1) is 26.4 Å². The summed E-state index contributed by atoms with van der Waals surface area (Å²) in [5.74, 6) is 0. The van der Waals surface area contributed by atoms with Gasteiger partial charge >= 0.3 is 0 Å². The number of hydrogen-bond acceptors (Lipinski definition) is 6. The van der Waals surface area contributed by atoms with Crippen molar-refractivity contribution in [3.05, 3.63) is 108 Å². The maximum Gasteiger partial charge on any atom is 0.129 e. The Labute approximate surface area is 200 Å². The van der Waals surface area contributed by atoms with Gasteiger partial charge in [-0.15, -0.1) is 12.6 Å². The van der Waals surface area contributed by atoms with E-state index in [1.165, 1.54) is 0 Å². The van der Waals surface area contributed by atoms with Crippen LogP contribution < -0.4 is 0 Å². The first-order chi connectivity index (χ1) is 16.2. The zero-order valence-electron chi connectivity index (χ0n) is 18.4. The van der Waals surface area contributed by atoms with Crippen LogP contribution in [0.1, 0.15) is 16.7 Å². The van der Waals surface area contributed by atoms with E-state index in [9.17, 15) is 5.11 Å². The molecule has 0 aromatic heterocycles. The van der Waals surface area contributed by atoms with E-state index >= 15 is 0 Å². The largest absolute Gasteiger partial charge is 0.394 e. The van der Waals surface area contributed by atoms with E-state index in [2.05, 4.69) is 12.6 Å². The third-order valence-corrected chi connectivity index (χ3v) is 6.06. The Morgan fingerprint density at radius 1 is 0.606 bits per heavy atom. The van der Waals surface area contributed by atoms with Gasteiger partial charge in [-0.25, -0.2) is 0 Å². The predicted octanol–water partition coefficient (Wildman–Crippen LogP) is 4.39. The van der Waals surface area contributed by atoms with Crippen molar-refractivity contribution in [1.82, 2.24) is 0 Å². The van der Waals surface area contributed by atoms with E-state index in [0.29, 0.717) is 19.8 Å². The van der Waals surface area contributed by atoms with Gasteiger partial charge in [0.25, 0.3) is 0 Å². The quantitative estimate of drug-likeness (QED) is 0.434. The van der Waals surface area contributed by atoms with E-state index in [4.69, 9.17) is 18.9 Å². The van der Waals surface area contributed by atoms with E-state index < -0.39 is 29.9 Å². The number of aliphatic hydroxyl groups is 1. The number of ether oxygens (including phenoxy) is 4. The summed E-state index contributed by atoms with van der Waals surface area (Å²) in [6.07, 6.45) is -2.07. The molecule has 5 nitrogen and oxygen atoms in total. The summed E-state index contributed by atoms with van der Waals surface area (Å²) in [7, 11) is 0. The molecule has 3 aromatic rings. The number of thiol groups is 1. The topological polar surface area (TPSA) is 57.2 Å². The maximum absolute atomic E-state index is 10.0. The van der Waals surface area contributed by atoms with Crippen LogP contribution in [0.15, 0.2) is 91.0 Å². The molecule has 0 spiro atoms. The monoisotopic (exact) mass is 466 g/mol. The SMILES string of the molecule is OC[C@H]1O[C@H](S)[C@H](OCc2ccccc2)[C@@H](OCc2ccccc2)[C@@H]1OCc1ccccc1. The first-order valence-electron chi connectivity index (χ1n) is 11.2. The lowest BCUT2D eigenvalue weighted by molar-refractivity contribution is -0.251. The van der Waals surface area contributed by atoms with Crippen LogP contribution >= 0.6 is 12.6 Å². The minimum atomic E-state index is -0.575. The Balaban J connectivity index is 1.53. The minimum absolute atomic E-state index is 0.201. The van der Waals surface area contributed by atoms with Gasteiger partial charge in [0.15, 0.2) is 0 Å². The molecule has 0 saturated carbocycles. The first-order valence-corrected chi connectivity index (χ1v) is 11.7. The van der Waals surface area contributed by atoms with Crippen molar-refractivity contribution in [3.63, 3.8) is 0 Å². The molecule has 33 heavy (non-hydrogen) atoms. The summed E-state index contributed by atoms with van der Waals surface area (Å²) in [5.41, 5.74) is 2.56. The molecule has 1 heterocycles. The standard InChI is InChI=1S/C27H30O5S/c28-16-23-24(29-17-20-10-4-1-5-11-20)25(30-18-21-12-6-2-7-13-21)26(27(33)32-23)31-19-22-14-8-3-9-15-22/h1-15,23-28,33H,16-19H2/t23-,24-,25+,26-,27-/m1/s1. The van der Waals surface area contributed by atoms with Crippen molar-refractivity contribution in [3.8, 4) is 0 Å². The zero-order chi connectivity index (χ0) is 22.9. The van der Waals surface area contributed by atoms with E-state index in [1.54, 1.807) is 0 Å². The van der Waals surface area contributed by atoms with Gasteiger partial charge in [-0.3, -0.25) is 0 Å². The summed E-state index contributed by atoms with van der Waals surface area (Å²) in [6.45, 7) is 0.958. The molecule has 5 atom stereocenters. The number of hydrogen-bond donors (Lipinski definition) is 2. The first kappa shape index (κ1) is 24.0. The van der Waals surface area contributed by atoms with Crippen molar-refractivity contribution in [1.29, 1.82) is 0 Å². The molecule has 0 bridgehead atoms. The smallest absolute Gasteiger partial charge is 0.129 e. The van der Waals surface area contributed by atoms with Crippen LogP contribution in [0.25, 0.3) is 0 Å². The fourth-order valence-electron chi connectivity index (χ4n) is 3.91. The van der Waals surface area contributed by atoms with Crippen LogP contribution in [0, 0.1) is 0 Å². The summed E-state index contributed by atoms with van der Waals surface area (Å²) in [6, 6.07) is 29.8. The minimum Gasteiger partial charge on any atom is -0.394 e. The van der Waals surface area contributed by atoms with Gasteiger partial charge in [-0.2, -0.15) is 0 Å². The highest BCUT2D eigenvalue weighted by Gasteiger charge is 2.47. The van der Waals surface area contributed by atoms with Gasteiger partial charge in [0, 0.05) is 0 Å². The fourth-order valence-corrected chi connectivity index (χ4v) is 4.32. The van der Waals surface area contributed by atoms with Crippen molar-refractivity contribution in [2.45, 2.75) is 49.7 Å². The second kappa shape index (κ2) is 12.3. The molecule has 4 rings (SSSR count). The lowest BCUT2D eigenvalue weighted by Gasteiger charge is -2.44. The molecule has 0 unspecified atom stereocenters. The van der Waals surface area contributed by atoms with E-state index in [0.717, 1.165) is 16.7 Å².